The summed E-state index contributed by atoms with van der Waals surface area (Å²) < 4.78 is 59.7. The van der Waals surface area contributed by atoms with Crippen LogP contribution >= 0.6 is 0 Å². The van der Waals surface area contributed by atoms with E-state index in [1.54, 1.807) is 0 Å². The van der Waals surface area contributed by atoms with Crippen molar-refractivity contribution < 1.29 is 21.6 Å². The molecule has 0 radical (unpaired) electrons. The lowest BCUT2D eigenvalue weighted by Gasteiger charge is -2.19. The van der Waals surface area contributed by atoms with Crippen LogP contribution in [-0.2, 0) is 9.84 Å². The highest BCUT2D eigenvalue weighted by Crippen LogP contribution is 2.30. The Bertz CT molecular complexity index is 553. The topological polar surface area (TPSA) is 46.2 Å². The Morgan fingerprint density at radius 1 is 1.14 bits per heavy atom. The van der Waals surface area contributed by atoms with E-state index in [0.29, 0.717) is 11.6 Å². The number of alkyl halides is 3. The lowest BCUT2D eigenvalue weighted by Crippen LogP contribution is -2.23. The molecule has 0 fully saturated rings. The first kappa shape index (κ1) is 17.8. The van der Waals surface area contributed by atoms with E-state index in [9.17, 15) is 21.6 Å². The Hall–Kier alpha value is -1.24. The maximum absolute atomic E-state index is 12.4. The number of rotatable bonds is 6. The van der Waals surface area contributed by atoms with Crippen LogP contribution in [0.1, 0.15) is 33.6 Å². The second kappa shape index (κ2) is 6.68. The third kappa shape index (κ3) is 4.62. The predicted octanol–water partition coefficient (Wildman–Crippen LogP) is 4.22. The van der Waals surface area contributed by atoms with Gasteiger partial charge in [-0.1, -0.05) is 20.3 Å². The summed E-state index contributed by atoms with van der Waals surface area (Å²) in [7, 11) is -5.27. The lowest BCUT2D eigenvalue weighted by atomic mass is 10.0. The van der Waals surface area contributed by atoms with E-state index in [1.165, 1.54) is 12.1 Å². The molecule has 0 spiro atoms. The number of nitrogens with one attached hydrogen (secondary N) is 1. The monoisotopic (exact) mass is 323 g/mol. The summed E-state index contributed by atoms with van der Waals surface area (Å²) in [5.74, 6) is 0.539. The van der Waals surface area contributed by atoms with Crippen LogP contribution in [0.25, 0.3) is 0 Å². The minimum atomic E-state index is -5.27. The third-order valence-electron chi connectivity index (χ3n) is 3.34. The quantitative estimate of drug-likeness (QED) is 0.853. The molecular weight excluding hydrogens is 303 g/mol. The van der Waals surface area contributed by atoms with Gasteiger partial charge < -0.3 is 5.32 Å². The largest absolute Gasteiger partial charge is 0.501 e. The first-order valence-electron chi connectivity index (χ1n) is 6.76. The molecule has 0 aliphatic rings. The van der Waals surface area contributed by atoms with E-state index >= 15 is 0 Å². The summed E-state index contributed by atoms with van der Waals surface area (Å²) in [6, 6.07) is 4.81. The summed E-state index contributed by atoms with van der Waals surface area (Å²) in [6.07, 6.45) is 1.98. The maximum atomic E-state index is 12.4. The average molecular weight is 323 g/mol. The molecule has 0 aliphatic heterocycles. The Balaban J connectivity index is 2.80. The molecule has 21 heavy (non-hydrogen) atoms. The smallest absolute Gasteiger partial charge is 0.383 e. The fourth-order valence-corrected chi connectivity index (χ4v) is 2.74. The molecule has 0 bridgehead atoms. The van der Waals surface area contributed by atoms with Gasteiger partial charge in [0.1, 0.15) is 0 Å². The fraction of sp³-hybridized carbons (Fsp3) is 0.571. The van der Waals surface area contributed by atoms with E-state index in [-0.39, 0.29) is 6.04 Å². The number of halogens is 3. The van der Waals surface area contributed by atoms with E-state index in [0.717, 1.165) is 25.0 Å². The summed E-state index contributed by atoms with van der Waals surface area (Å²) in [6.45, 7) is 6.19. The van der Waals surface area contributed by atoms with Gasteiger partial charge in [0.15, 0.2) is 0 Å². The predicted molar refractivity (Wildman–Crippen MR) is 76.8 cm³/mol. The number of hydrogen-bond donors (Lipinski definition) is 1. The molecule has 1 aromatic rings. The summed E-state index contributed by atoms with van der Waals surface area (Å²) >= 11 is 0. The molecule has 1 N–H and O–H groups in total. The van der Waals surface area contributed by atoms with Gasteiger partial charge in [0.05, 0.1) is 4.90 Å². The summed E-state index contributed by atoms with van der Waals surface area (Å²) in [5, 5.41) is 3.15. The van der Waals surface area contributed by atoms with Crippen molar-refractivity contribution in [1.82, 2.24) is 0 Å². The first-order valence-corrected chi connectivity index (χ1v) is 8.24. The number of benzene rings is 1. The zero-order valence-electron chi connectivity index (χ0n) is 12.2. The van der Waals surface area contributed by atoms with Crippen molar-refractivity contribution in [2.45, 2.75) is 50.1 Å². The molecule has 0 aromatic heterocycles. The standard InChI is InChI=1S/C14H20F3NO2S/c1-4-10(2)9-11(3)18-12-5-7-13(8-6-12)21(19,20)14(15,16)17/h5-8,10-11,18H,4,9H2,1-3H3. The molecule has 0 heterocycles. The molecule has 0 aliphatic carbocycles. The second-order valence-corrected chi connectivity index (χ2v) is 7.21. The highest BCUT2D eigenvalue weighted by molar-refractivity contribution is 7.92. The van der Waals surface area contributed by atoms with Crippen LogP contribution in [-0.4, -0.2) is 20.0 Å². The van der Waals surface area contributed by atoms with Crippen molar-refractivity contribution in [3.05, 3.63) is 24.3 Å². The average Bonchev–Trinajstić information content (AvgIpc) is 2.37. The summed E-state index contributed by atoms with van der Waals surface area (Å²) in [5.41, 5.74) is -4.67. The minimum Gasteiger partial charge on any atom is -0.383 e. The minimum absolute atomic E-state index is 0.157. The van der Waals surface area contributed by atoms with Crippen molar-refractivity contribution >= 4 is 15.5 Å². The first-order chi connectivity index (χ1) is 9.57. The zero-order chi connectivity index (χ0) is 16.3. The molecular formula is C14H20F3NO2S. The van der Waals surface area contributed by atoms with Crippen LogP contribution in [0.4, 0.5) is 18.9 Å². The van der Waals surface area contributed by atoms with Gasteiger partial charge in [0.25, 0.3) is 9.84 Å². The number of sulfone groups is 1. The molecule has 0 saturated heterocycles. The fourth-order valence-electron chi connectivity index (χ4n) is 1.98. The highest BCUT2D eigenvalue weighted by Gasteiger charge is 2.46. The molecule has 120 valence electrons. The molecule has 0 saturated carbocycles. The molecule has 2 unspecified atom stereocenters. The van der Waals surface area contributed by atoms with Gasteiger partial charge in [-0.2, -0.15) is 13.2 Å². The molecule has 1 aromatic carbocycles. The van der Waals surface area contributed by atoms with Crippen molar-refractivity contribution in [1.29, 1.82) is 0 Å². The van der Waals surface area contributed by atoms with Crippen molar-refractivity contribution in [2.75, 3.05) is 5.32 Å². The molecule has 2 atom stereocenters. The SMILES string of the molecule is CCC(C)CC(C)Nc1ccc(S(=O)(=O)C(F)(F)F)cc1. The van der Waals surface area contributed by atoms with Crippen LogP contribution < -0.4 is 5.32 Å². The highest BCUT2D eigenvalue weighted by atomic mass is 32.2. The zero-order valence-corrected chi connectivity index (χ0v) is 13.1. The van der Waals surface area contributed by atoms with Gasteiger partial charge in [-0.3, -0.25) is 0 Å². The normalized spacial score (nSPS) is 15.5. The lowest BCUT2D eigenvalue weighted by molar-refractivity contribution is -0.0436. The Morgan fingerprint density at radius 3 is 2.10 bits per heavy atom. The van der Waals surface area contributed by atoms with E-state index in [2.05, 4.69) is 19.2 Å². The van der Waals surface area contributed by atoms with Crippen LogP contribution in [0.15, 0.2) is 29.2 Å². The van der Waals surface area contributed by atoms with Gasteiger partial charge in [0.2, 0.25) is 0 Å². The number of anilines is 1. The van der Waals surface area contributed by atoms with Crippen LogP contribution in [0.3, 0.4) is 0 Å². The molecule has 7 heteroatoms. The molecule has 3 nitrogen and oxygen atoms in total. The Morgan fingerprint density at radius 2 is 1.67 bits per heavy atom. The molecule has 1 rings (SSSR count). The molecule has 0 amide bonds. The third-order valence-corrected chi connectivity index (χ3v) is 4.84. The van der Waals surface area contributed by atoms with Gasteiger partial charge >= 0.3 is 5.51 Å². The Labute approximate surface area is 123 Å². The van der Waals surface area contributed by atoms with Crippen molar-refractivity contribution in [2.24, 2.45) is 5.92 Å². The van der Waals surface area contributed by atoms with Crippen LogP contribution in [0, 0.1) is 5.92 Å². The van der Waals surface area contributed by atoms with Crippen molar-refractivity contribution in [3.63, 3.8) is 0 Å². The maximum Gasteiger partial charge on any atom is 0.501 e. The van der Waals surface area contributed by atoms with Crippen molar-refractivity contribution in [3.8, 4) is 0 Å². The summed E-state index contributed by atoms with van der Waals surface area (Å²) in [4.78, 5) is -0.741. The Kier molecular flexibility index (Phi) is 5.67. The number of hydrogen-bond acceptors (Lipinski definition) is 3. The van der Waals surface area contributed by atoms with E-state index in [4.69, 9.17) is 0 Å². The van der Waals surface area contributed by atoms with E-state index < -0.39 is 20.2 Å². The van der Waals surface area contributed by atoms with Crippen LogP contribution in [0.2, 0.25) is 0 Å². The van der Waals surface area contributed by atoms with Gasteiger partial charge in [-0.05, 0) is 43.5 Å². The van der Waals surface area contributed by atoms with E-state index in [1.807, 2.05) is 6.92 Å². The van der Waals surface area contributed by atoms with Gasteiger partial charge in [0, 0.05) is 11.7 Å². The van der Waals surface area contributed by atoms with Crippen LogP contribution in [0.5, 0.6) is 0 Å². The second-order valence-electron chi connectivity index (χ2n) is 5.27. The van der Waals surface area contributed by atoms with Gasteiger partial charge in [-0.15, -0.1) is 0 Å². The van der Waals surface area contributed by atoms with Gasteiger partial charge in [-0.25, -0.2) is 8.42 Å².